The van der Waals surface area contributed by atoms with Crippen LogP contribution >= 0.6 is 0 Å². The standard InChI is InChI=1S/C16H15NO2/c1-11-2-7-16-12(8-11)9-13(17-16)10-19-15-5-3-14(18)4-6-15/h2-9,17-18H,10H2,1H3. The van der Waals surface area contributed by atoms with E-state index in [-0.39, 0.29) is 5.75 Å². The van der Waals surface area contributed by atoms with Crippen molar-refractivity contribution in [1.82, 2.24) is 4.98 Å². The van der Waals surface area contributed by atoms with Crippen molar-refractivity contribution >= 4 is 10.9 Å². The van der Waals surface area contributed by atoms with E-state index in [0.29, 0.717) is 6.61 Å². The highest BCUT2D eigenvalue weighted by atomic mass is 16.5. The molecule has 0 aliphatic heterocycles. The van der Waals surface area contributed by atoms with Crippen molar-refractivity contribution in [1.29, 1.82) is 0 Å². The minimum Gasteiger partial charge on any atom is -0.508 e. The van der Waals surface area contributed by atoms with Gasteiger partial charge in [-0.25, -0.2) is 0 Å². The molecule has 0 aliphatic carbocycles. The molecule has 0 fully saturated rings. The Balaban J connectivity index is 1.76. The predicted molar refractivity (Wildman–Crippen MR) is 75.5 cm³/mol. The molecule has 0 unspecified atom stereocenters. The van der Waals surface area contributed by atoms with Crippen LogP contribution in [0.2, 0.25) is 0 Å². The Bertz CT molecular complexity index is 698. The number of benzene rings is 2. The minimum atomic E-state index is 0.244. The molecule has 0 saturated heterocycles. The van der Waals surface area contributed by atoms with Crippen molar-refractivity contribution in [3.63, 3.8) is 0 Å². The zero-order chi connectivity index (χ0) is 13.2. The summed E-state index contributed by atoms with van der Waals surface area (Å²) in [6.45, 7) is 2.57. The van der Waals surface area contributed by atoms with Crippen LogP contribution in [0, 0.1) is 6.92 Å². The number of phenols is 1. The van der Waals surface area contributed by atoms with Gasteiger partial charge >= 0.3 is 0 Å². The molecule has 0 aliphatic rings. The number of aromatic hydroxyl groups is 1. The highest BCUT2D eigenvalue weighted by molar-refractivity contribution is 5.81. The van der Waals surface area contributed by atoms with Gasteiger partial charge in [0.25, 0.3) is 0 Å². The number of nitrogens with one attached hydrogen (secondary N) is 1. The van der Waals surface area contributed by atoms with E-state index in [2.05, 4.69) is 36.2 Å². The molecule has 0 saturated carbocycles. The summed E-state index contributed by atoms with van der Waals surface area (Å²) in [6, 6.07) is 15.1. The topological polar surface area (TPSA) is 45.2 Å². The normalized spacial score (nSPS) is 10.8. The number of H-pyrrole nitrogens is 1. The summed E-state index contributed by atoms with van der Waals surface area (Å²) in [4.78, 5) is 3.33. The lowest BCUT2D eigenvalue weighted by Crippen LogP contribution is -1.94. The van der Waals surface area contributed by atoms with Gasteiger partial charge in [-0.1, -0.05) is 11.6 Å². The third-order valence-electron chi connectivity index (χ3n) is 3.06. The molecule has 2 aromatic carbocycles. The van der Waals surface area contributed by atoms with Gasteiger partial charge in [-0.05, 0) is 49.4 Å². The molecular formula is C16H15NO2. The molecule has 3 rings (SSSR count). The summed E-state index contributed by atoms with van der Waals surface area (Å²) in [5.74, 6) is 0.987. The Morgan fingerprint density at radius 1 is 1.05 bits per heavy atom. The SMILES string of the molecule is Cc1ccc2[nH]c(COc3ccc(O)cc3)cc2c1. The first-order valence-electron chi connectivity index (χ1n) is 6.21. The van der Waals surface area contributed by atoms with Crippen molar-refractivity contribution in [3.8, 4) is 11.5 Å². The summed E-state index contributed by atoms with van der Waals surface area (Å²) in [6.07, 6.45) is 0. The number of aryl methyl sites for hydroxylation is 1. The number of fused-ring (bicyclic) bond motifs is 1. The number of hydrogen-bond acceptors (Lipinski definition) is 2. The van der Waals surface area contributed by atoms with E-state index in [1.165, 1.54) is 10.9 Å². The van der Waals surface area contributed by atoms with E-state index in [0.717, 1.165) is 17.0 Å². The van der Waals surface area contributed by atoms with E-state index in [4.69, 9.17) is 4.74 Å². The van der Waals surface area contributed by atoms with Gasteiger partial charge in [-0.3, -0.25) is 0 Å². The van der Waals surface area contributed by atoms with E-state index in [1.807, 2.05) is 0 Å². The molecule has 0 radical (unpaired) electrons. The molecule has 0 bridgehead atoms. The van der Waals surface area contributed by atoms with Gasteiger partial charge in [0.1, 0.15) is 18.1 Å². The highest BCUT2D eigenvalue weighted by Crippen LogP contribution is 2.20. The second-order valence-electron chi connectivity index (χ2n) is 4.67. The van der Waals surface area contributed by atoms with Crippen LogP contribution in [0.4, 0.5) is 0 Å². The molecule has 3 heteroatoms. The summed E-state index contributed by atoms with van der Waals surface area (Å²) >= 11 is 0. The van der Waals surface area contributed by atoms with Gasteiger partial charge < -0.3 is 14.8 Å². The van der Waals surface area contributed by atoms with Gasteiger partial charge in [0, 0.05) is 10.9 Å². The van der Waals surface area contributed by atoms with Crippen molar-refractivity contribution in [2.24, 2.45) is 0 Å². The van der Waals surface area contributed by atoms with Crippen LogP contribution < -0.4 is 4.74 Å². The maximum Gasteiger partial charge on any atom is 0.128 e. The number of hydrogen-bond donors (Lipinski definition) is 2. The van der Waals surface area contributed by atoms with E-state index >= 15 is 0 Å². The summed E-state index contributed by atoms with van der Waals surface area (Å²) < 4.78 is 5.66. The molecule has 96 valence electrons. The Morgan fingerprint density at radius 2 is 1.84 bits per heavy atom. The smallest absolute Gasteiger partial charge is 0.128 e. The molecular weight excluding hydrogens is 238 g/mol. The number of aromatic amines is 1. The van der Waals surface area contributed by atoms with Crippen LogP contribution in [0.3, 0.4) is 0 Å². The first kappa shape index (κ1) is 11.7. The lowest BCUT2D eigenvalue weighted by molar-refractivity contribution is 0.302. The molecule has 0 amide bonds. The fourth-order valence-electron chi connectivity index (χ4n) is 2.09. The summed E-state index contributed by atoms with van der Waals surface area (Å²) in [5.41, 5.74) is 3.40. The maximum atomic E-state index is 9.20. The number of rotatable bonds is 3. The van der Waals surface area contributed by atoms with E-state index in [1.54, 1.807) is 24.3 Å². The molecule has 19 heavy (non-hydrogen) atoms. The zero-order valence-electron chi connectivity index (χ0n) is 10.7. The van der Waals surface area contributed by atoms with Crippen molar-refractivity contribution in [3.05, 3.63) is 59.8 Å². The molecule has 2 N–H and O–H groups in total. The lowest BCUT2D eigenvalue weighted by Gasteiger charge is -2.04. The van der Waals surface area contributed by atoms with Crippen LogP contribution in [-0.4, -0.2) is 10.1 Å². The third-order valence-corrected chi connectivity index (χ3v) is 3.06. The fraction of sp³-hybridized carbons (Fsp3) is 0.125. The second kappa shape index (κ2) is 4.69. The van der Waals surface area contributed by atoms with Gasteiger partial charge in [0.15, 0.2) is 0 Å². The average molecular weight is 253 g/mol. The fourth-order valence-corrected chi connectivity index (χ4v) is 2.09. The number of ether oxygens (including phenoxy) is 1. The Morgan fingerprint density at radius 3 is 2.63 bits per heavy atom. The van der Waals surface area contributed by atoms with Crippen LogP contribution in [-0.2, 0) is 6.61 Å². The van der Waals surface area contributed by atoms with Gasteiger partial charge in [0.2, 0.25) is 0 Å². The molecule has 0 atom stereocenters. The van der Waals surface area contributed by atoms with Crippen LogP contribution in [0.5, 0.6) is 11.5 Å². The van der Waals surface area contributed by atoms with Crippen molar-refractivity contribution in [2.45, 2.75) is 13.5 Å². The Kier molecular flexibility index (Phi) is 2.88. The van der Waals surface area contributed by atoms with E-state index < -0.39 is 0 Å². The first-order valence-corrected chi connectivity index (χ1v) is 6.21. The number of phenolic OH excluding ortho intramolecular Hbond substituents is 1. The second-order valence-corrected chi connectivity index (χ2v) is 4.67. The average Bonchev–Trinajstić information content (AvgIpc) is 2.80. The van der Waals surface area contributed by atoms with Crippen LogP contribution in [0.25, 0.3) is 10.9 Å². The van der Waals surface area contributed by atoms with Crippen LogP contribution in [0.15, 0.2) is 48.5 Å². The molecule has 3 aromatic rings. The van der Waals surface area contributed by atoms with Gasteiger partial charge in [-0.15, -0.1) is 0 Å². The van der Waals surface area contributed by atoms with Crippen molar-refractivity contribution < 1.29 is 9.84 Å². The largest absolute Gasteiger partial charge is 0.508 e. The third kappa shape index (κ3) is 2.55. The molecule has 3 nitrogen and oxygen atoms in total. The van der Waals surface area contributed by atoms with Crippen LogP contribution in [0.1, 0.15) is 11.3 Å². The number of aromatic nitrogens is 1. The predicted octanol–water partition coefficient (Wildman–Crippen LogP) is 3.76. The lowest BCUT2D eigenvalue weighted by atomic mass is 10.2. The monoisotopic (exact) mass is 253 g/mol. The quantitative estimate of drug-likeness (QED) is 0.746. The van der Waals surface area contributed by atoms with Gasteiger partial charge in [-0.2, -0.15) is 0 Å². The minimum absolute atomic E-state index is 0.244. The molecule has 0 spiro atoms. The molecule has 1 heterocycles. The Labute approximate surface area is 111 Å². The zero-order valence-corrected chi connectivity index (χ0v) is 10.7. The van der Waals surface area contributed by atoms with Gasteiger partial charge in [0.05, 0.1) is 5.69 Å². The Hall–Kier alpha value is -2.42. The first-order chi connectivity index (χ1) is 9.20. The summed E-state index contributed by atoms with van der Waals surface area (Å²) in [7, 11) is 0. The highest BCUT2D eigenvalue weighted by Gasteiger charge is 2.02. The molecule has 1 aromatic heterocycles. The maximum absolute atomic E-state index is 9.20. The summed E-state index contributed by atoms with van der Waals surface area (Å²) in [5, 5.41) is 10.4. The van der Waals surface area contributed by atoms with E-state index in [9.17, 15) is 5.11 Å². The van der Waals surface area contributed by atoms with Crippen molar-refractivity contribution in [2.75, 3.05) is 0 Å².